The highest BCUT2D eigenvalue weighted by Gasteiger charge is 2.16. The molecule has 3 heteroatoms. The number of hydrogen-bond acceptors (Lipinski definition) is 1. The van der Waals surface area contributed by atoms with E-state index in [1.165, 1.54) is 16.7 Å². The summed E-state index contributed by atoms with van der Waals surface area (Å²) in [6, 6.07) is 33.3. The van der Waals surface area contributed by atoms with Crippen molar-refractivity contribution in [3.8, 4) is 0 Å². The summed E-state index contributed by atoms with van der Waals surface area (Å²) in [6.45, 7) is 4.12. The Bertz CT molecular complexity index is 1110. The molecule has 32 heavy (non-hydrogen) atoms. The monoisotopic (exact) mass is 422 g/mol. The predicted molar refractivity (Wildman–Crippen MR) is 130 cm³/mol. The highest BCUT2D eigenvalue weighted by molar-refractivity contribution is 5.76. The summed E-state index contributed by atoms with van der Waals surface area (Å²) in [6.07, 6.45) is 3.37. The second-order valence-electron chi connectivity index (χ2n) is 8.33. The van der Waals surface area contributed by atoms with E-state index in [4.69, 9.17) is 0 Å². The third-order valence-corrected chi connectivity index (χ3v) is 5.79. The smallest absolute Gasteiger partial charge is 0.223 e. The van der Waals surface area contributed by atoms with Gasteiger partial charge in [0.15, 0.2) is 0 Å². The Labute approximate surface area is 190 Å². The fourth-order valence-corrected chi connectivity index (χ4v) is 3.92. The first-order valence-corrected chi connectivity index (χ1v) is 11.2. The minimum Gasteiger partial charge on any atom is -0.345 e. The van der Waals surface area contributed by atoms with E-state index in [9.17, 15) is 4.79 Å². The van der Waals surface area contributed by atoms with Gasteiger partial charge in [0.25, 0.3) is 0 Å². The molecular formula is C29H30N2O. The van der Waals surface area contributed by atoms with Crippen molar-refractivity contribution in [3.63, 3.8) is 0 Å². The molecule has 4 rings (SSSR count). The van der Waals surface area contributed by atoms with Gasteiger partial charge in [-0.05, 0) is 42.2 Å². The standard InChI is InChI=1S/C29H30N2O/c1-24-14-16-27(17-15-24)21-30-20-8-13-28(30)23-31(22-26-11-6-3-7-12-26)29(32)19-18-25-9-4-2-5-10-25/h2-17,20H,18-19,21-23H2,1H3. The highest BCUT2D eigenvalue weighted by Crippen LogP contribution is 2.16. The van der Waals surface area contributed by atoms with Crippen molar-refractivity contribution >= 4 is 5.91 Å². The van der Waals surface area contributed by atoms with Crippen LogP contribution >= 0.6 is 0 Å². The third-order valence-electron chi connectivity index (χ3n) is 5.79. The molecule has 3 nitrogen and oxygen atoms in total. The fourth-order valence-electron chi connectivity index (χ4n) is 3.92. The molecule has 0 radical (unpaired) electrons. The van der Waals surface area contributed by atoms with Gasteiger partial charge in [-0.2, -0.15) is 0 Å². The lowest BCUT2D eigenvalue weighted by atomic mass is 10.1. The summed E-state index contributed by atoms with van der Waals surface area (Å²) in [5.74, 6) is 0.181. The van der Waals surface area contributed by atoms with Gasteiger partial charge in [0, 0.05) is 31.4 Å². The molecule has 0 fully saturated rings. The lowest BCUT2D eigenvalue weighted by Gasteiger charge is -2.24. The van der Waals surface area contributed by atoms with Crippen molar-refractivity contribution in [2.75, 3.05) is 0 Å². The number of amides is 1. The summed E-state index contributed by atoms with van der Waals surface area (Å²) >= 11 is 0. The number of rotatable bonds is 9. The van der Waals surface area contributed by atoms with E-state index >= 15 is 0 Å². The van der Waals surface area contributed by atoms with Crippen molar-refractivity contribution in [1.29, 1.82) is 0 Å². The average molecular weight is 423 g/mol. The zero-order chi connectivity index (χ0) is 22.2. The number of hydrogen-bond donors (Lipinski definition) is 0. The molecule has 0 atom stereocenters. The molecule has 4 aromatic rings. The number of nitrogens with zero attached hydrogens (tertiary/aromatic N) is 2. The molecule has 1 heterocycles. The summed E-state index contributed by atoms with van der Waals surface area (Å²) in [7, 11) is 0. The predicted octanol–water partition coefficient (Wildman–Crippen LogP) is 6.01. The maximum absolute atomic E-state index is 13.3. The Hall–Kier alpha value is -3.59. The second-order valence-corrected chi connectivity index (χ2v) is 8.33. The van der Waals surface area contributed by atoms with E-state index < -0.39 is 0 Å². The molecule has 0 saturated carbocycles. The molecule has 1 amide bonds. The van der Waals surface area contributed by atoms with E-state index in [1.807, 2.05) is 41.3 Å². The van der Waals surface area contributed by atoms with Crippen LogP contribution in [-0.4, -0.2) is 15.4 Å². The number of benzene rings is 3. The summed E-state index contributed by atoms with van der Waals surface area (Å²) in [5, 5.41) is 0. The van der Waals surface area contributed by atoms with E-state index in [0.717, 1.165) is 24.2 Å². The summed E-state index contributed by atoms with van der Waals surface area (Å²) in [5.41, 5.74) is 6.02. The zero-order valence-electron chi connectivity index (χ0n) is 18.7. The van der Waals surface area contributed by atoms with Crippen LogP contribution in [0.1, 0.15) is 34.4 Å². The summed E-state index contributed by atoms with van der Waals surface area (Å²) < 4.78 is 2.24. The van der Waals surface area contributed by atoms with Crippen LogP contribution in [0.5, 0.6) is 0 Å². The molecule has 3 aromatic carbocycles. The van der Waals surface area contributed by atoms with Crippen LogP contribution in [0, 0.1) is 6.92 Å². The second kappa shape index (κ2) is 10.6. The first-order chi connectivity index (χ1) is 15.7. The molecule has 0 saturated heterocycles. The van der Waals surface area contributed by atoms with Crippen molar-refractivity contribution in [2.24, 2.45) is 0 Å². The average Bonchev–Trinajstić information content (AvgIpc) is 3.26. The Balaban J connectivity index is 1.49. The van der Waals surface area contributed by atoms with Gasteiger partial charge in [0.05, 0.1) is 6.54 Å². The minimum absolute atomic E-state index is 0.181. The quantitative estimate of drug-likeness (QED) is 0.324. The SMILES string of the molecule is Cc1ccc(Cn2cccc2CN(Cc2ccccc2)C(=O)CCc2ccccc2)cc1. The Morgan fingerprint density at radius 2 is 1.38 bits per heavy atom. The van der Waals surface area contributed by atoms with Crippen LogP contribution in [0.25, 0.3) is 0 Å². The first-order valence-electron chi connectivity index (χ1n) is 11.2. The number of carbonyl (C=O) groups excluding carboxylic acids is 1. The molecule has 0 bridgehead atoms. The van der Waals surface area contributed by atoms with Crippen LogP contribution < -0.4 is 0 Å². The summed E-state index contributed by atoms with van der Waals surface area (Å²) in [4.78, 5) is 15.3. The first kappa shape index (κ1) is 21.6. The van der Waals surface area contributed by atoms with E-state index in [0.29, 0.717) is 19.5 Å². The fraction of sp³-hybridized carbons (Fsp3) is 0.207. The van der Waals surface area contributed by atoms with Crippen LogP contribution in [0.2, 0.25) is 0 Å². The maximum atomic E-state index is 13.3. The van der Waals surface area contributed by atoms with Crippen molar-refractivity contribution in [3.05, 3.63) is 131 Å². The Morgan fingerprint density at radius 1 is 0.719 bits per heavy atom. The van der Waals surface area contributed by atoms with Crippen LogP contribution in [-0.2, 0) is 30.8 Å². The maximum Gasteiger partial charge on any atom is 0.223 e. The Kier molecular flexibility index (Phi) is 7.19. The van der Waals surface area contributed by atoms with Gasteiger partial charge in [-0.1, -0.05) is 90.5 Å². The molecular weight excluding hydrogens is 392 g/mol. The molecule has 0 N–H and O–H groups in total. The molecule has 0 aliphatic rings. The van der Waals surface area contributed by atoms with Gasteiger partial charge in [0.1, 0.15) is 0 Å². The molecule has 1 aromatic heterocycles. The highest BCUT2D eigenvalue weighted by atomic mass is 16.2. The lowest BCUT2D eigenvalue weighted by molar-refractivity contribution is -0.132. The van der Waals surface area contributed by atoms with E-state index in [1.54, 1.807) is 0 Å². The van der Waals surface area contributed by atoms with Crippen molar-refractivity contribution in [1.82, 2.24) is 9.47 Å². The molecule has 0 aliphatic carbocycles. The van der Waals surface area contributed by atoms with Gasteiger partial charge in [0.2, 0.25) is 5.91 Å². The molecule has 0 unspecified atom stereocenters. The van der Waals surface area contributed by atoms with Gasteiger partial charge in [-0.3, -0.25) is 4.79 Å². The zero-order valence-corrected chi connectivity index (χ0v) is 18.7. The minimum atomic E-state index is 0.181. The van der Waals surface area contributed by atoms with Crippen molar-refractivity contribution in [2.45, 2.75) is 39.4 Å². The van der Waals surface area contributed by atoms with Gasteiger partial charge in [-0.25, -0.2) is 0 Å². The van der Waals surface area contributed by atoms with Gasteiger partial charge < -0.3 is 9.47 Å². The van der Waals surface area contributed by atoms with E-state index in [2.05, 4.69) is 78.4 Å². The topological polar surface area (TPSA) is 25.2 Å². The number of aromatic nitrogens is 1. The van der Waals surface area contributed by atoms with Gasteiger partial charge >= 0.3 is 0 Å². The molecule has 0 aliphatic heterocycles. The molecule has 0 spiro atoms. The molecule has 162 valence electrons. The number of aryl methyl sites for hydroxylation is 2. The van der Waals surface area contributed by atoms with Crippen LogP contribution in [0.3, 0.4) is 0 Å². The lowest BCUT2D eigenvalue weighted by Crippen LogP contribution is -2.31. The Morgan fingerprint density at radius 3 is 2.06 bits per heavy atom. The normalized spacial score (nSPS) is 10.8. The largest absolute Gasteiger partial charge is 0.345 e. The van der Waals surface area contributed by atoms with E-state index in [-0.39, 0.29) is 5.91 Å². The van der Waals surface area contributed by atoms with Crippen molar-refractivity contribution < 1.29 is 4.79 Å². The van der Waals surface area contributed by atoms with Crippen LogP contribution in [0.4, 0.5) is 0 Å². The number of carbonyl (C=O) groups is 1. The van der Waals surface area contributed by atoms with Gasteiger partial charge in [-0.15, -0.1) is 0 Å². The van der Waals surface area contributed by atoms with Crippen LogP contribution in [0.15, 0.2) is 103 Å². The third kappa shape index (κ3) is 5.98.